The number of hydrogen-bond donors (Lipinski definition) is 1. The standard InChI is InChI=1S/C21H25N5OS/c1-13-3-4-18-16(9-13)10-17(11-22)19(24-18)25-20(27)15-5-7-26(8-6-15)21-23-14(2)12-28-21/h10,12-13,15H,3-9H2,1-2H3,(H,24,25,27). The Hall–Kier alpha value is -2.46. The van der Waals surface area contributed by atoms with Crippen molar-refractivity contribution >= 4 is 28.2 Å². The summed E-state index contributed by atoms with van der Waals surface area (Å²) in [5.41, 5.74) is 3.69. The van der Waals surface area contributed by atoms with E-state index in [-0.39, 0.29) is 11.8 Å². The average molecular weight is 396 g/mol. The lowest BCUT2D eigenvalue weighted by Crippen LogP contribution is -2.38. The zero-order valence-electron chi connectivity index (χ0n) is 16.4. The third kappa shape index (κ3) is 3.88. The normalized spacial score (nSPS) is 19.8. The number of nitriles is 1. The first-order chi connectivity index (χ1) is 13.5. The fourth-order valence-electron chi connectivity index (χ4n) is 4.07. The first-order valence-corrected chi connectivity index (χ1v) is 10.8. The quantitative estimate of drug-likeness (QED) is 0.857. The van der Waals surface area contributed by atoms with Crippen molar-refractivity contribution in [2.24, 2.45) is 11.8 Å². The molecule has 0 radical (unpaired) electrons. The molecule has 1 fully saturated rings. The Bertz CT molecular complexity index is 923. The SMILES string of the molecule is Cc1csc(N2CCC(C(=O)Nc3nc4c(cc3C#N)CC(C)CC4)CC2)n1. The maximum Gasteiger partial charge on any atom is 0.228 e. The Morgan fingerprint density at radius 1 is 1.32 bits per heavy atom. The summed E-state index contributed by atoms with van der Waals surface area (Å²) >= 11 is 1.65. The molecule has 1 saturated heterocycles. The minimum absolute atomic E-state index is 0.0249. The largest absolute Gasteiger partial charge is 0.348 e. The molecule has 0 bridgehead atoms. The van der Waals surface area contributed by atoms with Gasteiger partial charge < -0.3 is 10.2 Å². The van der Waals surface area contributed by atoms with E-state index in [1.165, 1.54) is 0 Å². The number of carbonyl (C=O) groups excluding carboxylic acids is 1. The molecule has 1 amide bonds. The lowest BCUT2D eigenvalue weighted by molar-refractivity contribution is -0.120. The fraction of sp³-hybridized carbons (Fsp3) is 0.524. The van der Waals surface area contributed by atoms with Crippen LogP contribution in [-0.4, -0.2) is 29.0 Å². The van der Waals surface area contributed by atoms with E-state index in [9.17, 15) is 10.1 Å². The van der Waals surface area contributed by atoms with Crippen molar-refractivity contribution in [3.63, 3.8) is 0 Å². The van der Waals surface area contributed by atoms with Gasteiger partial charge in [0.05, 0.1) is 11.3 Å². The highest BCUT2D eigenvalue weighted by molar-refractivity contribution is 7.13. The summed E-state index contributed by atoms with van der Waals surface area (Å²) in [6.45, 7) is 5.88. The van der Waals surface area contributed by atoms with E-state index < -0.39 is 0 Å². The smallest absolute Gasteiger partial charge is 0.228 e. The summed E-state index contributed by atoms with van der Waals surface area (Å²) in [5, 5.41) is 15.6. The number of rotatable bonds is 3. The molecular weight excluding hydrogens is 370 g/mol. The number of nitrogens with zero attached hydrogens (tertiary/aromatic N) is 4. The molecule has 1 N–H and O–H groups in total. The summed E-state index contributed by atoms with van der Waals surface area (Å²) in [6, 6.07) is 4.13. The number of pyridine rings is 1. The maximum atomic E-state index is 12.8. The van der Waals surface area contributed by atoms with Crippen LogP contribution in [0.2, 0.25) is 0 Å². The first kappa shape index (κ1) is 18.9. The van der Waals surface area contributed by atoms with Gasteiger partial charge in [0.1, 0.15) is 6.07 Å². The molecule has 28 heavy (non-hydrogen) atoms. The molecule has 0 aromatic carbocycles. The van der Waals surface area contributed by atoms with Crippen LogP contribution in [0.1, 0.15) is 48.7 Å². The summed E-state index contributed by atoms with van der Waals surface area (Å²) < 4.78 is 0. The van der Waals surface area contributed by atoms with E-state index >= 15 is 0 Å². The van der Waals surface area contributed by atoms with E-state index in [0.717, 1.165) is 67.3 Å². The number of piperidine rings is 1. The highest BCUT2D eigenvalue weighted by Gasteiger charge is 2.27. The Labute approximate surface area is 169 Å². The number of amides is 1. The number of carbonyl (C=O) groups is 1. The van der Waals surface area contributed by atoms with E-state index in [2.05, 4.69) is 38.6 Å². The minimum Gasteiger partial charge on any atom is -0.348 e. The lowest BCUT2D eigenvalue weighted by Gasteiger charge is -2.31. The first-order valence-electron chi connectivity index (χ1n) is 9.94. The molecule has 1 aliphatic heterocycles. The lowest BCUT2D eigenvalue weighted by atomic mass is 9.87. The van der Waals surface area contributed by atoms with Gasteiger partial charge in [0.15, 0.2) is 10.9 Å². The predicted octanol–water partition coefficient (Wildman–Crippen LogP) is 3.70. The monoisotopic (exact) mass is 395 g/mol. The van der Waals surface area contributed by atoms with E-state index in [1.807, 2.05) is 13.0 Å². The van der Waals surface area contributed by atoms with Gasteiger partial charge in [-0.15, -0.1) is 11.3 Å². The second-order valence-electron chi connectivity index (χ2n) is 7.97. The van der Waals surface area contributed by atoms with Crippen LogP contribution in [0.4, 0.5) is 10.9 Å². The van der Waals surface area contributed by atoms with Crippen molar-refractivity contribution in [1.29, 1.82) is 5.26 Å². The van der Waals surface area contributed by atoms with Crippen LogP contribution in [0.5, 0.6) is 0 Å². The van der Waals surface area contributed by atoms with Crippen molar-refractivity contribution < 1.29 is 4.79 Å². The molecule has 6 nitrogen and oxygen atoms in total. The molecule has 1 atom stereocenters. The van der Waals surface area contributed by atoms with Crippen LogP contribution in [0.15, 0.2) is 11.4 Å². The van der Waals surface area contributed by atoms with Crippen LogP contribution < -0.4 is 10.2 Å². The molecule has 1 aliphatic carbocycles. The zero-order chi connectivity index (χ0) is 19.7. The second kappa shape index (κ2) is 7.88. The van der Waals surface area contributed by atoms with E-state index in [1.54, 1.807) is 11.3 Å². The third-order valence-corrected chi connectivity index (χ3v) is 6.76. The number of aromatic nitrogens is 2. The van der Waals surface area contributed by atoms with Crippen molar-refractivity contribution in [3.8, 4) is 6.07 Å². The summed E-state index contributed by atoms with van der Waals surface area (Å²) in [5.74, 6) is 0.969. The van der Waals surface area contributed by atoms with Gasteiger partial charge in [-0.05, 0) is 56.6 Å². The number of thiazole rings is 1. The van der Waals surface area contributed by atoms with Crippen molar-refractivity contribution in [2.75, 3.05) is 23.3 Å². The number of hydrogen-bond acceptors (Lipinski definition) is 6. The van der Waals surface area contributed by atoms with Crippen LogP contribution in [-0.2, 0) is 17.6 Å². The van der Waals surface area contributed by atoms with Crippen molar-refractivity contribution in [2.45, 2.75) is 46.0 Å². The van der Waals surface area contributed by atoms with Gasteiger partial charge in [0.25, 0.3) is 0 Å². The minimum atomic E-state index is -0.0540. The van der Waals surface area contributed by atoms with Gasteiger partial charge in [-0.25, -0.2) is 9.97 Å². The van der Waals surface area contributed by atoms with Crippen molar-refractivity contribution in [3.05, 3.63) is 34.0 Å². The third-order valence-electron chi connectivity index (χ3n) is 5.74. The van der Waals surface area contributed by atoms with Gasteiger partial charge >= 0.3 is 0 Å². The molecule has 2 aliphatic rings. The topological polar surface area (TPSA) is 81.9 Å². The van der Waals surface area contributed by atoms with Crippen molar-refractivity contribution in [1.82, 2.24) is 9.97 Å². The van der Waals surface area contributed by atoms with E-state index in [4.69, 9.17) is 0 Å². The molecule has 0 saturated carbocycles. The fourth-order valence-corrected chi connectivity index (χ4v) is 4.92. The van der Waals surface area contributed by atoms with Gasteiger partial charge in [-0.3, -0.25) is 4.79 Å². The number of aryl methyl sites for hydroxylation is 2. The molecule has 2 aromatic heterocycles. The molecule has 0 spiro atoms. The second-order valence-corrected chi connectivity index (χ2v) is 8.81. The highest BCUT2D eigenvalue weighted by Crippen LogP contribution is 2.29. The molecule has 146 valence electrons. The Kier molecular flexibility index (Phi) is 5.31. The molecule has 3 heterocycles. The highest BCUT2D eigenvalue weighted by atomic mass is 32.1. The Morgan fingerprint density at radius 2 is 2.11 bits per heavy atom. The van der Waals surface area contributed by atoms with Crippen LogP contribution in [0.3, 0.4) is 0 Å². The predicted molar refractivity (Wildman–Crippen MR) is 111 cm³/mol. The van der Waals surface area contributed by atoms with Crippen LogP contribution >= 0.6 is 11.3 Å². The van der Waals surface area contributed by atoms with Crippen LogP contribution in [0, 0.1) is 30.1 Å². The number of anilines is 2. The summed E-state index contributed by atoms with van der Waals surface area (Å²) in [4.78, 5) is 24.2. The molecule has 7 heteroatoms. The number of fused-ring (bicyclic) bond motifs is 1. The van der Waals surface area contributed by atoms with Crippen LogP contribution in [0.25, 0.3) is 0 Å². The maximum absolute atomic E-state index is 12.8. The Balaban J connectivity index is 1.42. The van der Waals surface area contributed by atoms with Gasteiger partial charge in [0.2, 0.25) is 5.91 Å². The Morgan fingerprint density at radius 3 is 2.79 bits per heavy atom. The van der Waals surface area contributed by atoms with Gasteiger partial charge in [0, 0.05) is 30.1 Å². The van der Waals surface area contributed by atoms with Gasteiger partial charge in [-0.2, -0.15) is 5.26 Å². The zero-order valence-corrected chi connectivity index (χ0v) is 17.2. The van der Waals surface area contributed by atoms with Gasteiger partial charge in [-0.1, -0.05) is 6.92 Å². The molecular formula is C21H25N5OS. The molecule has 4 rings (SSSR count). The molecule has 2 aromatic rings. The summed E-state index contributed by atoms with van der Waals surface area (Å²) in [7, 11) is 0. The number of nitrogens with one attached hydrogen (secondary N) is 1. The van der Waals surface area contributed by atoms with E-state index in [0.29, 0.717) is 17.3 Å². The molecule has 1 unspecified atom stereocenters. The average Bonchev–Trinajstić information content (AvgIpc) is 3.14. The summed E-state index contributed by atoms with van der Waals surface area (Å²) in [6.07, 6.45) is 4.55.